The molecule has 1 saturated carbocycles. The zero-order chi connectivity index (χ0) is 15.2. The van der Waals surface area contributed by atoms with Crippen molar-refractivity contribution in [2.24, 2.45) is 11.3 Å². The molecule has 0 heterocycles. The van der Waals surface area contributed by atoms with Gasteiger partial charge < -0.3 is 10.2 Å². The van der Waals surface area contributed by atoms with Crippen molar-refractivity contribution in [1.82, 2.24) is 10.2 Å². The minimum atomic E-state index is 0.411. The summed E-state index contributed by atoms with van der Waals surface area (Å²) in [6.45, 7) is 14.1. The van der Waals surface area contributed by atoms with Crippen LogP contribution in [0.3, 0.4) is 0 Å². The highest BCUT2D eigenvalue weighted by Crippen LogP contribution is 2.30. The van der Waals surface area contributed by atoms with E-state index in [0.717, 1.165) is 18.5 Å². The molecule has 0 radical (unpaired) electrons. The molecule has 1 aliphatic rings. The second kappa shape index (κ2) is 8.38. The zero-order valence-electron chi connectivity index (χ0n) is 14.8. The number of nitrogens with one attached hydrogen (secondary N) is 1. The smallest absolute Gasteiger partial charge is 0.00949 e. The molecule has 120 valence electrons. The van der Waals surface area contributed by atoms with Gasteiger partial charge >= 0.3 is 0 Å². The summed E-state index contributed by atoms with van der Waals surface area (Å²) in [7, 11) is 2.35. The largest absolute Gasteiger partial charge is 0.314 e. The molecule has 1 fully saturated rings. The van der Waals surface area contributed by atoms with Crippen molar-refractivity contribution >= 4 is 0 Å². The molecule has 3 atom stereocenters. The van der Waals surface area contributed by atoms with Gasteiger partial charge in [0.15, 0.2) is 0 Å². The normalized spacial score (nSPS) is 27.0. The summed E-state index contributed by atoms with van der Waals surface area (Å²) < 4.78 is 0. The maximum atomic E-state index is 3.66. The highest BCUT2D eigenvalue weighted by Gasteiger charge is 2.29. The first kappa shape index (κ1) is 18.0. The molecular weight excluding hydrogens is 244 g/mol. The van der Waals surface area contributed by atoms with Gasteiger partial charge in [-0.2, -0.15) is 0 Å². The molecule has 1 rings (SSSR count). The predicted molar refractivity (Wildman–Crippen MR) is 90.2 cm³/mol. The Morgan fingerprint density at radius 3 is 2.55 bits per heavy atom. The molecule has 0 spiro atoms. The van der Waals surface area contributed by atoms with E-state index in [4.69, 9.17) is 0 Å². The van der Waals surface area contributed by atoms with Crippen molar-refractivity contribution in [3.8, 4) is 0 Å². The lowest BCUT2D eigenvalue weighted by atomic mass is 9.82. The third kappa shape index (κ3) is 6.13. The van der Waals surface area contributed by atoms with Crippen molar-refractivity contribution in [3.63, 3.8) is 0 Å². The van der Waals surface area contributed by atoms with Gasteiger partial charge in [-0.1, -0.05) is 53.9 Å². The Balaban J connectivity index is 2.54. The summed E-state index contributed by atoms with van der Waals surface area (Å²) >= 11 is 0. The molecule has 20 heavy (non-hydrogen) atoms. The molecule has 3 unspecified atom stereocenters. The van der Waals surface area contributed by atoms with Crippen LogP contribution in [0.5, 0.6) is 0 Å². The Kier molecular flexibility index (Phi) is 7.53. The second-order valence-corrected chi connectivity index (χ2v) is 7.94. The number of rotatable bonds is 8. The maximum Gasteiger partial charge on any atom is 0.00949 e. The van der Waals surface area contributed by atoms with Crippen LogP contribution in [0.1, 0.15) is 73.1 Å². The first-order valence-corrected chi connectivity index (χ1v) is 8.80. The lowest BCUT2D eigenvalue weighted by Crippen LogP contribution is -2.46. The van der Waals surface area contributed by atoms with Gasteiger partial charge in [0.2, 0.25) is 0 Å². The summed E-state index contributed by atoms with van der Waals surface area (Å²) in [6, 6.07) is 1.40. The minimum absolute atomic E-state index is 0.411. The Morgan fingerprint density at radius 2 is 2.00 bits per heavy atom. The molecule has 0 aromatic carbocycles. The molecular formula is C18H38N2. The molecule has 2 nitrogen and oxygen atoms in total. The van der Waals surface area contributed by atoms with Crippen LogP contribution >= 0.6 is 0 Å². The summed E-state index contributed by atoms with van der Waals surface area (Å²) in [6.07, 6.45) is 8.26. The Morgan fingerprint density at radius 1 is 1.30 bits per heavy atom. The van der Waals surface area contributed by atoms with E-state index < -0.39 is 0 Å². The first-order valence-electron chi connectivity index (χ1n) is 8.80. The topological polar surface area (TPSA) is 15.3 Å². The van der Waals surface area contributed by atoms with Crippen LogP contribution in [0.15, 0.2) is 0 Å². The Labute approximate surface area is 127 Å². The maximum absolute atomic E-state index is 3.66. The number of hydrogen-bond acceptors (Lipinski definition) is 2. The molecule has 2 heteroatoms. The van der Waals surface area contributed by atoms with Gasteiger partial charge in [0.25, 0.3) is 0 Å². The molecule has 1 N–H and O–H groups in total. The van der Waals surface area contributed by atoms with E-state index in [1.807, 2.05) is 0 Å². The van der Waals surface area contributed by atoms with E-state index >= 15 is 0 Å². The SMILES string of the molecule is CCCC(C)(CNC(C)C)CN(C)C1CCCC(C)C1. The molecule has 0 aromatic heterocycles. The van der Waals surface area contributed by atoms with Gasteiger partial charge in [-0.05, 0) is 37.6 Å². The molecule has 0 saturated heterocycles. The molecule has 0 amide bonds. The van der Waals surface area contributed by atoms with Gasteiger partial charge in [-0.3, -0.25) is 0 Å². The summed E-state index contributed by atoms with van der Waals surface area (Å²) in [5.41, 5.74) is 0.411. The second-order valence-electron chi connectivity index (χ2n) is 7.94. The van der Waals surface area contributed by atoms with Crippen molar-refractivity contribution in [2.75, 3.05) is 20.1 Å². The average molecular weight is 283 g/mol. The lowest BCUT2D eigenvalue weighted by molar-refractivity contribution is 0.100. The predicted octanol–water partition coefficient (Wildman–Crippen LogP) is 4.30. The monoisotopic (exact) mass is 282 g/mol. The molecule has 0 aliphatic heterocycles. The van der Waals surface area contributed by atoms with Crippen LogP contribution < -0.4 is 5.32 Å². The summed E-state index contributed by atoms with van der Waals surface area (Å²) in [5.74, 6) is 0.919. The van der Waals surface area contributed by atoms with E-state index in [0.29, 0.717) is 11.5 Å². The van der Waals surface area contributed by atoms with Crippen molar-refractivity contribution in [3.05, 3.63) is 0 Å². The number of hydrogen-bond donors (Lipinski definition) is 1. The van der Waals surface area contributed by atoms with Crippen LogP contribution in [0.2, 0.25) is 0 Å². The van der Waals surface area contributed by atoms with Crippen LogP contribution in [-0.2, 0) is 0 Å². The minimum Gasteiger partial charge on any atom is -0.314 e. The molecule has 1 aliphatic carbocycles. The van der Waals surface area contributed by atoms with E-state index in [2.05, 4.69) is 51.9 Å². The van der Waals surface area contributed by atoms with E-state index in [1.54, 1.807) is 0 Å². The summed E-state index contributed by atoms with van der Waals surface area (Å²) in [5, 5.41) is 3.66. The molecule has 0 aromatic rings. The highest BCUT2D eigenvalue weighted by molar-refractivity contribution is 4.85. The third-order valence-corrected chi connectivity index (χ3v) is 4.95. The van der Waals surface area contributed by atoms with Crippen LogP contribution in [-0.4, -0.2) is 37.1 Å². The van der Waals surface area contributed by atoms with Gasteiger partial charge in [0.05, 0.1) is 0 Å². The van der Waals surface area contributed by atoms with Gasteiger partial charge in [0.1, 0.15) is 0 Å². The lowest BCUT2D eigenvalue weighted by Gasteiger charge is -2.40. The van der Waals surface area contributed by atoms with Crippen LogP contribution in [0.25, 0.3) is 0 Å². The van der Waals surface area contributed by atoms with Crippen molar-refractivity contribution in [2.45, 2.75) is 85.2 Å². The van der Waals surface area contributed by atoms with E-state index in [-0.39, 0.29) is 0 Å². The third-order valence-electron chi connectivity index (χ3n) is 4.95. The zero-order valence-corrected chi connectivity index (χ0v) is 14.8. The van der Waals surface area contributed by atoms with Crippen molar-refractivity contribution in [1.29, 1.82) is 0 Å². The highest BCUT2D eigenvalue weighted by atomic mass is 15.1. The Bertz CT molecular complexity index is 264. The standard InChI is InChI=1S/C18H38N2/c1-7-11-18(5,13-19-15(2)3)14-20(6)17-10-8-9-16(4)12-17/h15-17,19H,7-14H2,1-6H3. The van der Waals surface area contributed by atoms with Gasteiger partial charge in [-0.25, -0.2) is 0 Å². The van der Waals surface area contributed by atoms with Gasteiger partial charge in [0, 0.05) is 25.2 Å². The van der Waals surface area contributed by atoms with E-state index in [9.17, 15) is 0 Å². The fraction of sp³-hybridized carbons (Fsp3) is 1.00. The average Bonchev–Trinajstić information content (AvgIpc) is 2.37. The molecule has 0 bridgehead atoms. The fourth-order valence-corrected chi connectivity index (χ4v) is 3.81. The van der Waals surface area contributed by atoms with Gasteiger partial charge in [-0.15, -0.1) is 0 Å². The van der Waals surface area contributed by atoms with Crippen LogP contribution in [0, 0.1) is 11.3 Å². The van der Waals surface area contributed by atoms with E-state index in [1.165, 1.54) is 45.1 Å². The number of nitrogens with zero attached hydrogens (tertiary/aromatic N) is 1. The fourth-order valence-electron chi connectivity index (χ4n) is 3.81. The van der Waals surface area contributed by atoms with Crippen molar-refractivity contribution < 1.29 is 0 Å². The summed E-state index contributed by atoms with van der Waals surface area (Å²) in [4.78, 5) is 2.66. The van der Waals surface area contributed by atoms with Crippen LogP contribution in [0.4, 0.5) is 0 Å². The first-order chi connectivity index (χ1) is 9.36. The quantitative estimate of drug-likeness (QED) is 0.714. The Hall–Kier alpha value is -0.0800.